The highest BCUT2D eigenvalue weighted by atomic mass is 35.5. The molecule has 1 aromatic carbocycles. The lowest BCUT2D eigenvalue weighted by molar-refractivity contribution is 0.174. The Kier molecular flexibility index (Phi) is 3.34. The highest BCUT2D eigenvalue weighted by molar-refractivity contribution is 6.32. The monoisotopic (exact) mass is 227 g/mol. The number of hydrogen-bond donors (Lipinski definition) is 1. The summed E-state index contributed by atoms with van der Waals surface area (Å²) in [6, 6.07) is 3.93. The van der Waals surface area contributed by atoms with Crippen molar-refractivity contribution in [2.75, 3.05) is 19.9 Å². The lowest BCUT2D eigenvalue weighted by atomic mass is 10.1. The minimum atomic E-state index is 0.270. The molecule has 0 amide bonds. The van der Waals surface area contributed by atoms with E-state index in [-0.39, 0.29) is 6.79 Å². The largest absolute Gasteiger partial charge is 0.454 e. The van der Waals surface area contributed by atoms with Crippen molar-refractivity contribution in [1.82, 2.24) is 5.32 Å². The summed E-state index contributed by atoms with van der Waals surface area (Å²) in [7, 11) is 0. The fourth-order valence-electron chi connectivity index (χ4n) is 1.57. The van der Waals surface area contributed by atoms with Crippen molar-refractivity contribution in [2.45, 2.75) is 13.3 Å². The molecule has 0 unspecified atom stereocenters. The number of benzene rings is 1. The molecule has 15 heavy (non-hydrogen) atoms. The molecule has 2 rings (SSSR count). The second-order valence-electron chi connectivity index (χ2n) is 3.41. The Morgan fingerprint density at radius 1 is 1.40 bits per heavy atom. The molecule has 0 saturated carbocycles. The van der Waals surface area contributed by atoms with Gasteiger partial charge in [0, 0.05) is 0 Å². The molecule has 0 atom stereocenters. The first-order valence-corrected chi connectivity index (χ1v) is 5.48. The maximum absolute atomic E-state index is 6.06. The SMILES string of the molecule is CCNCCc1cc(Cl)c2c(c1)OCO2. The first-order valence-electron chi connectivity index (χ1n) is 5.10. The van der Waals surface area contributed by atoms with E-state index in [1.807, 2.05) is 12.1 Å². The van der Waals surface area contributed by atoms with Crippen LogP contribution in [-0.4, -0.2) is 19.9 Å². The molecular formula is C11H14ClNO2. The van der Waals surface area contributed by atoms with E-state index in [4.69, 9.17) is 21.1 Å². The molecule has 1 N–H and O–H groups in total. The predicted octanol–water partition coefficient (Wildman–Crippen LogP) is 2.22. The summed E-state index contributed by atoms with van der Waals surface area (Å²) in [5.41, 5.74) is 1.17. The summed E-state index contributed by atoms with van der Waals surface area (Å²) in [5.74, 6) is 1.43. The Bertz CT molecular complexity index is 355. The van der Waals surface area contributed by atoms with Crippen LogP contribution in [0.15, 0.2) is 12.1 Å². The fraction of sp³-hybridized carbons (Fsp3) is 0.455. The quantitative estimate of drug-likeness (QED) is 0.801. The van der Waals surface area contributed by atoms with Crippen LogP contribution in [-0.2, 0) is 6.42 Å². The molecule has 0 spiro atoms. The molecule has 1 aliphatic heterocycles. The Balaban J connectivity index is 2.09. The molecule has 82 valence electrons. The van der Waals surface area contributed by atoms with Crippen LogP contribution in [0, 0.1) is 0 Å². The number of rotatable bonds is 4. The second-order valence-corrected chi connectivity index (χ2v) is 3.82. The van der Waals surface area contributed by atoms with E-state index in [9.17, 15) is 0 Å². The highest BCUT2D eigenvalue weighted by Crippen LogP contribution is 2.39. The molecule has 0 radical (unpaired) electrons. The summed E-state index contributed by atoms with van der Waals surface area (Å²) in [4.78, 5) is 0. The van der Waals surface area contributed by atoms with Gasteiger partial charge in [0.25, 0.3) is 0 Å². The summed E-state index contributed by atoms with van der Waals surface area (Å²) in [6.45, 7) is 4.29. The maximum Gasteiger partial charge on any atom is 0.231 e. The minimum absolute atomic E-state index is 0.270. The molecule has 0 saturated heterocycles. The number of nitrogens with one attached hydrogen (secondary N) is 1. The zero-order chi connectivity index (χ0) is 10.7. The van der Waals surface area contributed by atoms with Crippen LogP contribution in [0.1, 0.15) is 12.5 Å². The lowest BCUT2D eigenvalue weighted by Gasteiger charge is -2.05. The third-order valence-electron chi connectivity index (χ3n) is 2.33. The minimum Gasteiger partial charge on any atom is -0.454 e. The van der Waals surface area contributed by atoms with Gasteiger partial charge < -0.3 is 14.8 Å². The highest BCUT2D eigenvalue weighted by Gasteiger charge is 2.17. The topological polar surface area (TPSA) is 30.5 Å². The van der Waals surface area contributed by atoms with Gasteiger partial charge in [-0.2, -0.15) is 0 Å². The van der Waals surface area contributed by atoms with Crippen LogP contribution in [0.3, 0.4) is 0 Å². The molecule has 1 aromatic rings. The average molecular weight is 228 g/mol. The first-order chi connectivity index (χ1) is 7.31. The van der Waals surface area contributed by atoms with Crippen molar-refractivity contribution in [2.24, 2.45) is 0 Å². The van der Waals surface area contributed by atoms with Crippen molar-refractivity contribution >= 4 is 11.6 Å². The molecule has 4 heteroatoms. The summed E-state index contributed by atoms with van der Waals surface area (Å²) >= 11 is 6.06. The van der Waals surface area contributed by atoms with Crippen LogP contribution in [0.2, 0.25) is 5.02 Å². The second kappa shape index (κ2) is 4.73. The molecule has 1 aliphatic rings. The van der Waals surface area contributed by atoms with E-state index in [1.165, 1.54) is 5.56 Å². The van der Waals surface area contributed by atoms with Gasteiger partial charge in [0.15, 0.2) is 11.5 Å². The van der Waals surface area contributed by atoms with E-state index < -0.39 is 0 Å². The normalized spacial score (nSPS) is 13.2. The summed E-state index contributed by atoms with van der Waals surface area (Å²) in [5, 5.41) is 3.90. The van der Waals surface area contributed by atoms with Crippen LogP contribution < -0.4 is 14.8 Å². The Hall–Kier alpha value is -0.930. The number of hydrogen-bond acceptors (Lipinski definition) is 3. The Morgan fingerprint density at radius 2 is 2.27 bits per heavy atom. The molecule has 3 nitrogen and oxygen atoms in total. The number of likely N-dealkylation sites (N-methyl/N-ethyl adjacent to an activating group) is 1. The third-order valence-corrected chi connectivity index (χ3v) is 2.61. The summed E-state index contributed by atoms with van der Waals surface area (Å²) in [6.07, 6.45) is 0.949. The van der Waals surface area contributed by atoms with Gasteiger partial charge in [-0.05, 0) is 37.2 Å². The van der Waals surface area contributed by atoms with Crippen LogP contribution in [0.25, 0.3) is 0 Å². The van der Waals surface area contributed by atoms with Gasteiger partial charge in [-0.1, -0.05) is 18.5 Å². The van der Waals surface area contributed by atoms with Crippen LogP contribution in [0.4, 0.5) is 0 Å². The first kappa shape index (κ1) is 10.6. The average Bonchev–Trinajstić information content (AvgIpc) is 2.66. The lowest BCUT2D eigenvalue weighted by Crippen LogP contribution is -2.15. The van der Waals surface area contributed by atoms with Crippen LogP contribution >= 0.6 is 11.6 Å². The molecule has 1 heterocycles. The zero-order valence-electron chi connectivity index (χ0n) is 8.68. The van der Waals surface area contributed by atoms with E-state index in [0.29, 0.717) is 10.8 Å². The van der Waals surface area contributed by atoms with Gasteiger partial charge in [-0.15, -0.1) is 0 Å². The van der Waals surface area contributed by atoms with E-state index >= 15 is 0 Å². The van der Waals surface area contributed by atoms with Gasteiger partial charge >= 0.3 is 0 Å². The number of ether oxygens (including phenoxy) is 2. The number of halogens is 1. The van der Waals surface area contributed by atoms with Gasteiger partial charge in [-0.25, -0.2) is 0 Å². The van der Waals surface area contributed by atoms with Gasteiger partial charge in [0.1, 0.15) is 0 Å². The van der Waals surface area contributed by atoms with E-state index in [1.54, 1.807) is 0 Å². The van der Waals surface area contributed by atoms with Crippen molar-refractivity contribution in [3.63, 3.8) is 0 Å². The molecule has 0 fully saturated rings. The fourth-order valence-corrected chi connectivity index (χ4v) is 1.86. The van der Waals surface area contributed by atoms with Crippen molar-refractivity contribution in [1.29, 1.82) is 0 Å². The maximum atomic E-state index is 6.06. The Morgan fingerprint density at radius 3 is 3.07 bits per heavy atom. The Labute approximate surface area is 94.3 Å². The van der Waals surface area contributed by atoms with Gasteiger partial charge in [0.2, 0.25) is 6.79 Å². The van der Waals surface area contributed by atoms with Crippen molar-refractivity contribution in [3.8, 4) is 11.5 Å². The summed E-state index contributed by atoms with van der Waals surface area (Å²) < 4.78 is 10.5. The smallest absolute Gasteiger partial charge is 0.231 e. The van der Waals surface area contributed by atoms with E-state index in [2.05, 4.69) is 12.2 Å². The number of fused-ring (bicyclic) bond motifs is 1. The molecule has 0 aliphatic carbocycles. The van der Waals surface area contributed by atoms with Crippen LogP contribution in [0.5, 0.6) is 11.5 Å². The molecule has 0 bridgehead atoms. The predicted molar refractivity (Wildman–Crippen MR) is 59.8 cm³/mol. The van der Waals surface area contributed by atoms with Crippen molar-refractivity contribution in [3.05, 3.63) is 22.7 Å². The van der Waals surface area contributed by atoms with Gasteiger partial charge in [-0.3, -0.25) is 0 Å². The standard InChI is InChI=1S/C11H14ClNO2/c1-2-13-4-3-8-5-9(12)11-10(6-8)14-7-15-11/h5-6,13H,2-4,7H2,1H3. The van der Waals surface area contributed by atoms with Crippen molar-refractivity contribution < 1.29 is 9.47 Å². The zero-order valence-corrected chi connectivity index (χ0v) is 9.43. The van der Waals surface area contributed by atoms with Gasteiger partial charge in [0.05, 0.1) is 5.02 Å². The third kappa shape index (κ3) is 2.36. The van der Waals surface area contributed by atoms with E-state index in [0.717, 1.165) is 25.3 Å². The molecule has 0 aromatic heterocycles. The molecular weight excluding hydrogens is 214 g/mol.